The molecule has 0 amide bonds. The molecule has 2 aromatic heterocycles. The number of rotatable bonds is 0. The topological polar surface area (TPSA) is 66.3 Å². The number of aromatic nitrogens is 2. The molecule has 0 bridgehead atoms. The molecule has 3 heterocycles. The molecule has 5 nitrogen and oxygen atoms in total. The summed E-state index contributed by atoms with van der Waals surface area (Å²) in [5, 5.41) is 12.3. The fourth-order valence-corrected chi connectivity index (χ4v) is 3.53. The van der Waals surface area contributed by atoms with Crippen LogP contribution >= 0.6 is 0 Å². The number of carbonyl (C=O) groups is 1. The van der Waals surface area contributed by atoms with Crippen molar-refractivity contribution in [1.29, 1.82) is 0 Å². The van der Waals surface area contributed by atoms with Crippen molar-refractivity contribution >= 4 is 33.0 Å². The number of carbonyl (C=O) groups excluding carboxylic acids is 1. The molecule has 5 rings (SSSR count). The van der Waals surface area contributed by atoms with E-state index in [0.29, 0.717) is 11.3 Å². The van der Waals surface area contributed by atoms with Crippen LogP contribution in [0, 0.1) is 0 Å². The van der Waals surface area contributed by atoms with Crippen molar-refractivity contribution in [3.63, 3.8) is 0 Å². The highest BCUT2D eigenvalue weighted by Crippen LogP contribution is 2.41. The Balaban J connectivity index is 1.99. The minimum Gasteiger partial charge on any atom is -0.508 e. The highest BCUT2D eigenvalue weighted by atomic mass is 16.3. The van der Waals surface area contributed by atoms with Gasteiger partial charge in [0.15, 0.2) is 0 Å². The van der Waals surface area contributed by atoms with E-state index in [-0.39, 0.29) is 11.5 Å². The third-order valence-corrected chi connectivity index (χ3v) is 4.63. The van der Waals surface area contributed by atoms with Gasteiger partial charge in [0.2, 0.25) is 5.78 Å². The van der Waals surface area contributed by atoms with Gasteiger partial charge in [-0.1, -0.05) is 6.08 Å². The first-order valence-corrected chi connectivity index (χ1v) is 7.72. The number of nitrogens with zero attached hydrogens (tertiary/aromatic N) is 3. The highest BCUT2D eigenvalue weighted by molar-refractivity contribution is 6.30. The van der Waals surface area contributed by atoms with Crippen molar-refractivity contribution in [2.24, 2.45) is 0 Å². The summed E-state index contributed by atoms with van der Waals surface area (Å²) >= 11 is 0. The Morgan fingerprint density at radius 1 is 1.12 bits per heavy atom. The molecule has 1 aliphatic carbocycles. The van der Waals surface area contributed by atoms with Crippen LogP contribution in [0.1, 0.15) is 16.2 Å². The smallest absolute Gasteiger partial charge is 0.214 e. The summed E-state index contributed by atoms with van der Waals surface area (Å²) in [5.41, 5.74) is 3.53. The number of likely N-dealkylation sites (N-methyl/N-ethyl adjacent to an activating group) is 1. The summed E-state index contributed by atoms with van der Waals surface area (Å²) in [6.45, 7) is 0.735. The summed E-state index contributed by atoms with van der Waals surface area (Å²) in [7, 11) is 1.94. The van der Waals surface area contributed by atoms with Crippen LogP contribution in [-0.2, 0) is 0 Å². The number of ketones is 1. The summed E-state index contributed by atoms with van der Waals surface area (Å²) in [6.07, 6.45) is 5.55. The molecule has 1 aliphatic heterocycles. The number of Topliss-reactive ketones (excluding diaryl/α,β-unsaturated/α-hetero) is 1. The molecular weight excluding hydrogens is 302 g/mol. The fraction of sp³-hybridized carbons (Fsp3) is 0.105. The zero-order chi connectivity index (χ0) is 16.4. The third kappa shape index (κ3) is 1.61. The van der Waals surface area contributed by atoms with Crippen molar-refractivity contribution in [2.75, 3.05) is 13.6 Å². The number of hydrogen-bond donors (Lipinski definition) is 1. The standard InChI is InChI=1S/C19H13N3O2/c1-22-7-5-12-14(9-22)19(24)18-16-11(4-6-20-18)13-8-10(23)2-3-15(13)21-17(12)16/h2-6,8-9,23H,7H2,1H3. The summed E-state index contributed by atoms with van der Waals surface area (Å²) in [5.74, 6) is 0.103. The molecule has 0 unspecified atom stereocenters. The molecule has 3 aromatic rings. The zero-order valence-corrected chi connectivity index (χ0v) is 12.9. The molecule has 2 aliphatic rings. The van der Waals surface area contributed by atoms with Crippen LogP contribution in [0.2, 0.25) is 0 Å². The lowest BCUT2D eigenvalue weighted by Crippen LogP contribution is -2.24. The molecule has 0 saturated carbocycles. The van der Waals surface area contributed by atoms with Crippen LogP contribution in [0.25, 0.3) is 27.2 Å². The first-order chi connectivity index (χ1) is 11.6. The van der Waals surface area contributed by atoms with Gasteiger partial charge in [-0.2, -0.15) is 0 Å². The zero-order valence-electron chi connectivity index (χ0n) is 12.9. The van der Waals surface area contributed by atoms with E-state index in [0.717, 1.165) is 39.5 Å². The maximum absolute atomic E-state index is 12.9. The van der Waals surface area contributed by atoms with Crippen molar-refractivity contribution in [1.82, 2.24) is 14.9 Å². The largest absolute Gasteiger partial charge is 0.508 e. The number of pyridine rings is 2. The molecule has 5 heteroatoms. The number of aromatic hydroxyl groups is 1. The van der Waals surface area contributed by atoms with Gasteiger partial charge in [-0.05, 0) is 29.7 Å². The third-order valence-electron chi connectivity index (χ3n) is 4.63. The Morgan fingerprint density at radius 3 is 2.88 bits per heavy atom. The minimum atomic E-state index is -0.0767. The lowest BCUT2D eigenvalue weighted by molar-refractivity contribution is 0.103. The highest BCUT2D eigenvalue weighted by Gasteiger charge is 2.32. The van der Waals surface area contributed by atoms with E-state index >= 15 is 0 Å². The second-order valence-corrected chi connectivity index (χ2v) is 6.17. The van der Waals surface area contributed by atoms with Gasteiger partial charge < -0.3 is 10.0 Å². The first-order valence-electron chi connectivity index (χ1n) is 7.72. The normalized spacial score (nSPS) is 16.2. The van der Waals surface area contributed by atoms with E-state index in [1.165, 1.54) is 0 Å². The molecule has 0 atom stereocenters. The quantitative estimate of drug-likeness (QED) is 0.646. The van der Waals surface area contributed by atoms with Crippen molar-refractivity contribution in [2.45, 2.75) is 0 Å². The van der Waals surface area contributed by atoms with Crippen LogP contribution in [-0.4, -0.2) is 39.4 Å². The van der Waals surface area contributed by atoms with Crippen LogP contribution in [0.5, 0.6) is 5.75 Å². The number of fused-ring (bicyclic) bond motifs is 4. The Bertz CT molecular complexity index is 1130. The Labute approximate surface area is 137 Å². The monoisotopic (exact) mass is 315 g/mol. The van der Waals surface area contributed by atoms with E-state index in [1.54, 1.807) is 24.4 Å². The van der Waals surface area contributed by atoms with Crippen molar-refractivity contribution in [3.8, 4) is 5.75 Å². The van der Waals surface area contributed by atoms with Crippen molar-refractivity contribution in [3.05, 3.63) is 59.7 Å². The first kappa shape index (κ1) is 13.2. The average molecular weight is 315 g/mol. The van der Waals surface area contributed by atoms with Gasteiger partial charge in [0, 0.05) is 47.9 Å². The average Bonchev–Trinajstić information content (AvgIpc) is 2.59. The van der Waals surface area contributed by atoms with E-state index in [1.807, 2.05) is 30.3 Å². The minimum absolute atomic E-state index is 0.0767. The summed E-state index contributed by atoms with van der Waals surface area (Å²) < 4.78 is 0. The van der Waals surface area contributed by atoms with E-state index in [4.69, 9.17) is 4.98 Å². The second-order valence-electron chi connectivity index (χ2n) is 6.17. The summed E-state index contributed by atoms with van der Waals surface area (Å²) in [6, 6.07) is 6.99. The number of allylic oxidation sites excluding steroid dienone is 2. The van der Waals surface area contributed by atoms with Crippen LogP contribution < -0.4 is 0 Å². The molecule has 0 radical (unpaired) electrons. The van der Waals surface area contributed by atoms with Crippen LogP contribution in [0.3, 0.4) is 0 Å². The molecule has 1 N–H and O–H groups in total. The molecule has 1 aromatic carbocycles. The Morgan fingerprint density at radius 2 is 2.00 bits per heavy atom. The van der Waals surface area contributed by atoms with Gasteiger partial charge in [0.05, 0.1) is 11.2 Å². The van der Waals surface area contributed by atoms with Crippen LogP contribution in [0.15, 0.2) is 48.3 Å². The van der Waals surface area contributed by atoms with E-state index < -0.39 is 0 Å². The second kappa shape index (κ2) is 4.41. The predicted molar refractivity (Wildman–Crippen MR) is 91.7 cm³/mol. The summed E-state index contributed by atoms with van der Waals surface area (Å²) in [4.78, 5) is 24.0. The lowest BCUT2D eigenvalue weighted by Gasteiger charge is -2.27. The van der Waals surface area contributed by atoms with Gasteiger partial charge in [-0.15, -0.1) is 0 Å². The van der Waals surface area contributed by atoms with E-state index in [9.17, 15) is 9.90 Å². The van der Waals surface area contributed by atoms with Gasteiger partial charge in [0.1, 0.15) is 11.4 Å². The number of hydrogen-bond acceptors (Lipinski definition) is 5. The van der Waals surface area contributed by atoms with Gasteiger partial charge in [0.25, 0.3) is 0 Å². The molecule has 0 spiro atoms. The van der Waals surface area contributed by atoms with Gasteiger partial charge in [-0.25, -0.2) is 4.98 Å². The molecule has 24 heavy (non-hydrogen) atoms. The molecule has 116 valence electrons. The lowest BCUT2D eigenvalue weighted by atomic mass is 9.85. The van der Waals surface area contributed by atoms with E-state index in [2.05, 4.69) is 4.98 Å². The van der Waals surface area contributed by atoms with Crippen molar-refractivity contribution < 1.29 is 9.90 Å². The maximum atomic E-state index is 12.9. The Kier molecular flexibility index (Phi) is 2.44. The molecule has 0 fully saturated rings. The van der Waals surface area contributed by atoms with Gasteiger partial charge in [-0.3, -0.25) is 9.78 Å². The SMILES string of the molecule is CN1C=C2C(=O)c3nccc4c3c(nc3ccc(O)cc34)C2=CC1. The predicted octanol–water partition coefficient (Wildman–Crippen LogP) is 2.90. The van der Waals surface area contributed by atoms with Gasteiger partial charge >= 0.3 is 0 Å². The van der Waals surface area contributed by atoms with Crippen LogP contribution in [0.4, 0.5) is 0 Å². The Hall–Kier alpha value is -3.21. The maximum Gasteiger partial charge on any atom is 0.214 e. The number of phenols is 1. The number of phenolic OH excluding ortho intramolecular Hbond substituents is 1. The molecular formula is C19H13N3O2. The molecule has 0 saturated heterocycles. The number of benzene rings is 1. The fourth-order valence-electron chi connectivity index (χ4n) is 3.53.